The van der Waals surface area contributed by atoms with Gasteiger partial charge in [-0.2, -0.15) is 5.10 Å². The maximum absolute atomic E-state index is 11.7. The molecule has 2 aromatic rings. The van der Waals surface area contributed by atoms with Gasteiger partial charge in [0, 0.05) is 69.3 Å². The van der Waals surface area contributed by atoms with Gasteiger partial charge in [-0.1, -0.05) is 12.1 Å². The third kappa shape index (κ3) is 3.72. The first-order valence-electron chi connectivity index (χ1n) is 11.8. The normalized spacial score (nSPS) is 25.5. The van der Waals surface area contributed by atoms with Crippen molar-refractivity contribution in [1.82, 2.24) is 20.1 Å². The van der Waals surface area contributed by atoms with E-state index in [1.165, 1.54) is 0 Å². The van der Waals surface area contributed by atoms with E-state index in [2.05, 4.69) is 22.7 Å². The van der Waals surface area contributed by atoms with Crippen molar-refractivity contribution in [3.05, 3.63) is 17.5 Å². The fourth-order valence-corrected chi connectivity index (χ4v) is 5.11. The van der Waals surface area contributed by atoms with Gasteiger partial charge in [-0.3, -0.25) is 4.79 Å². The molecule has 0 unspecified atom stereocenters. The summed E-state index contributed by atoms with van der Waals surface area (Å²) in [6, 6.07) is 0.508. The van der Waals surface area contributed by atoms with Crippen LogP contribution in [0.4, 0.5) is 5.69 Å². The van der Waals surface area contributed by atoms with Crippen LogP contribution in [0.1, 0.15) is 63.6 Å². The van der Waals surface area contributed by atoms with Gasteiger partial charge in [0.05, 0.1) is 22.5 Å². The molecule has 9 nitrogen and oxygen atoms in total. The molecule has 0 aromatic carbocycles. The minimum absolute atomic E-state index is 0.0880. The van der Waals surface area contributed by atoms with E-state index in [-0.39, 0.29) is 17.6 Å². The molecule has 32 heavy (non-hydrogen) atoms. The van der Waals surface area contributed by atoms with E-state index in [9.17, 15) is 4.79 Å². The largest absolute Gasteiger partial charge is 0.388 e. The Kier molecular flexibility index (Phi) is 5.53. The van der Waals surface area contributed by atoms with E-state index in [1.807, 2.05) is 24.7 Å². The first kappa shape index (κ1) is 21.2. The van der Waals surface area contributed by atoms with Gasteiger partial charge in [-0.05, 0) is 26.7 Å². The molecule has 1 spiro atoms. The van der Waals surface area contributed by atoms with Gasteiger partial charge >= 0.3 is 0 Å². The summed E-state index contributed by atoms with van der Waals surface area (Å²) in [7, 11) is 0. The van der Waals surface area contributed by atoms with Gasteiger partial charge in [0.1, 0.15) is 5.60 Å². The predicted octanol–water partition coefficient (Wildman–Crippen LogP) is 2.90. The van der Waals surface area contributed by atoms with Crippen LogP contribution >= 0.6 is 0 Å². The number of aryl methyl sites for hydroxylation is 2. The Balaban J connectivity index is 1.43. The second-order valence-electron chi connectivity index (χ2n) is 9.19. The number of aromatic nitrogens is 3. The van der Waals surface area contributed by atoms with Crippen molar-refractivity contribution in [1.29, 1.82) is 0 Å². The van der Waals surface area contributed by atoms with E-state index in [0.717, 1.165) is 85.6 Å². The van der Waals surface area contributed by atoms with E-state index in [1.54, 1.807) is 0 Å². The first-order chi connectivity index (χ1) is 15.5. The van der Waals surface area contributed by atoms with Crippen molar-refractivity contribution >= 4 is 28.3 Å². The number of carbonyl (C=O) groups excluding carboxylic acids is 1. The summed E-state index contributed by atoms with van der Waals surface area (Å²) in [6.45, 7) is 8.30. The van der Waals surface area contributed by atoms with Crippen LogP contribution in [-0.2, 0) is 20.9 Å². The molecule has 0 bridgehead atoms. The van der Waals surface area contributed by atoms with Gasteiger partial charge < -0.3 is 20.2 Å². The summed E-state index contributed by atoms with van der Waals surface area (Å²) in [5, 5.41) is 17.1. The zero-order chi connectivity index (χ0) is 22.3. The van der Waals surface area contributed by atoms with Crippen molar-refractivity contribution in [3.63, 3.8) is 0 Å². The molecule has 1 aliphatic carbocycles. The predicted molar refractivity (Wildman–Crippen MR) is 122 cm³/mol. The fraction of sp³-hybridized carbons (Fsp3) is 0.652. The van der Waals surface area contributed by atoms with Crippen LogP contribution in [0.5, 0.6) is 0 Å². The van der Waals surface area contributed by atoms with Crippen LogP contribution in [-0.4, -0.2) is 57.3 Å². The molecule has 1 amide bonds. The summed E-state index contributed by atoms with van der Waals surface area (Å²) in [6.07, 6.45) is 6.65. The van der Waals surface area contributed by atoms with Crippen molar-refractivity contribution in [2.24, 2.45) is 5.16 Å². The molecule has 2 aliphatic heterocycles. The zero-order valence-electron chi connectivity index (χ0n) is 19.1. The number of hydrogen-bond donors (Lipinski definition) is 2. The summed E-state index contributed by atoms with van der Waals surface area (Å²) in [4.78, 5) is 22.4. The van der Waals surface area contributed by atoms with Gasteiger partial charge in [0.15, 0.2) is 5.65 Å². The first-order valence-corrected chi connectivity index (χ1v) is 11.8. The molecule has 0 radical (unpaired) electrons. The average molecular weight is 441 g/mol. The smallest absolute Gasteiger partial charge is 0.219 e. The lowest BCUT2D eigenvalue weighted by Crippen LogP contribution is -2.55. The second-order valence-corrected chi connectivity index (χ2v) is 9.19. The molecule has 1 saturated carbocycles. The van der Waals surface area contributed by atoms with E-state index in [0.29, 0.717) is 12.5 Å². The summed E-state index contributed by atoms with van der Waals surface area (Å²) in [5.74, 6) is 0.0880. The lowest BCUT2D eigenvalue weighted by atomic mass is 9.72. The molecule has 2 aromatic heterocycles. The topological polar surface area (TPSA) is 103 Å². The number of hydrogen-bond acceptors (Lipinski definition) is 7. The lowest BCUT2D eigenvalue weighted by molar-refractivity contribution is -0.128. The fourth-order valence-electron chi connectivity index (χ4n) is 5.11. The molecular weight excluding hydrogens is 408 g/mol. The molecule has 2 fully saturated rings. The van der Waals surface area contributed by atoms with Crippen LogP contribution in [0, 0.1) is 6.92 Å². The van der Waals surface area contributed by atoms with Crippen LogP contribution in [0.3, 0.4) is 0 Å². The van der Waals surface area contributed by atoms with Crippen LogP contribution < -0.4 is 10.6 Å². The highest BCUT2D eigenvalue weighted by Crippen LogP contribution is 2.45. The quantitative estimate of drug-likeness (QED) is 0.716. The lowest BCUT2D eigenvalue weighted by Gasteiger charge is -2.42. The molecule has 172 valence electrons. The number of anilines is 1. The third-order valence-electron chi connectivity index (χ3n) is 6.88. The maximum Gasteiger partial charge on any atom is 0.219 e. The summed E-state index contributed by atoms with van der Waals surface area (Å²) >= 11 is 0. The van der Waals surface area contributed by atoms with E-state index in [4.69, 9.17) is 19.7 Å². The van der Waals surface area contributed by atoms with Crippen LogP contribution in [0.2, 0.25) is 0 Å². The summed E-state index contributed by atoms with van der Waals surface area (Å²) in [5.41, 5.74) is 4.50. The Hall–Kier alpha value is -2.68. The van der Waals surface area contributed by atoms with Crippen molar-refractivity contribution in [3.8, 4) is 0 Å². The number of carbonyl (C=O) groups is 1. The van der Waals surface area contributed by atoms with E-state index >= 15 is 0 Å². The number of rotatable bonds is 6. The molecule has 2 N–H and O–H groups in total. The monoisotopic (exact) mass is 440 g/mol. The molecule has 9 heteroatoms. The van der Waals surface area contributed by atoms with Gasteiger partial charge in [-0.25, -0.2) is 9.67 Å². The van der Waals surface area contributed by atoms with Gasteiger partial charge in [0.2, 0.25) is 5.91 Å². The molecule has 3 aliphatic rings. The number of pyridine rings is 1. The zero-order valence-corrected chi connectivity index (χ0v) is 19.1. The van der Waals surface area contributed by atoms with Gasteiger partial charge in [0.25, 0.3) is 0 Å². The highest BCUT2D eigenvalue weighted by molar-refractivity contribution is 6.11. The van der Waals surface area contributed by atoms with Crippen molar-refractivity contribution in [2.45, 2.75) is 83.5 Å². The third-order valence-corrected chi connectivity index (χ3v) is 6.88. The average Bonchev–Trinajstić information content (AvgIpc) is 3.36. The Labute approximate surface area is 187 Å². The molecule has 0 atom stereocenters. The highest BCUT2D eigenvalue weighted by atomic mass is 16.7. The second kappa shape index (κ2) is 8.35. The molecule has 1 saturated heterocycles. The van der Waals surface area contributed by atoms with Gasteiger partial charge in [-0.15, -0.1) is 0 Å². The number of nitrogens with one attached hydrogen (secondary N) is 2. The van der Waals surface area contributed by atoms with Crippen LogP contribution in [0.15, 0.2) is 11.4 Å². The minimum Gasteiger partial charge on any atom is -0.388 e. The molecule has 4 heterocycles. The number of ether oxygens (including phenoxy) is 1. The molecule has 5 rings (SSSR count). The Morgan fingerprint density at radius 3 is 2.75 bits per heavy atom. The number of nitrogens with zero attached hydrogens (tertiary/aromatic N) is 4. The Bertz CT molecular complexity index is 1050. The minimum atomic E-state index is -0.311. The highest BCUT2D eigenvalue weighted by Gasteiger charge is 2.51. The Morgan fingerprint density at radius 2 is 2.03 bits per heavy atom. The van der Waals surface area contributed by atoms with E-state index < -0.39 is 0 Å². The maximum atomic E-state index is 11.7. The standard InChI is InChI=1S/C23H32N6O3/c1-4-19(30)25-16-10-23(11-16)12-18(28-32-23)17-13-24-22-20(14(3)27-29(22)5-2)21(17)26-15-6-8-31-9-7-15/h13,15-16H,4-12H2,1-3H3,(H,24,26)(H,25,30). The number of fused-ring (bicyclic) bond motifs is 1. The number of oxime groups is 1. The summed E-state index contributed by atoms with van der Waals surface area (Å²) < 4.78 is 7.50. The SMILES string of the molecule is CCC(=O)NC1CC2(CC(c3cnc4c(c(C)nn4CC)c3NC3CCOCC3)=NO2)C1. The number of amides is 1. The Morgan fingerprint density at radius 1 is 1.25 bits per heavy atom. The van der Waals surface area contributed by atoms with Crippen molar-refractivity contribution in [2.75, 3.05) is 18.5 Å². The molecular formula is C23H32N6O3. The van der Waals surface area contributed by atoms with Crippen molar-refractivity contribution < 1.29 is 14.4 Å². The van der Waals surface area contributed by atoms with Crippen LogP contribution in [0.25, 0.3) is 11.0 Å².